The highest BCUT2D eigenvalue weighted by molar-refractivity contribution is 5.25. The average molecular weight is 213 g/mol. The lowest BCUT2D eigenvalue weighted by Gasteiger charge is -2.07. The highest BCUT2D eigenvalue weighted by Gasteiger charge is 2.13. The Kier molecular flexibility index (Phi) is 3.52. The largest absolute Gasteiger partial charge is 0.356 e. The van der Waals surface area contributed by atoms with Crippen LogP contribution in [0.15, 0.2) is 10.9 Å². The van der Waals surface area contributed by atoms with Crippen LogP contribution < -0.4 is 11.2 Å². The maximum Gasteiger partial charge on any atom is 0.278 e. The van der Waals surface area contributed by atoms with E-state index in [0.717, 1.165) is 6.07 Å². The van der Waals surface area contributed by atoms with Crippen molar-refractivity contribution in [1.82, 2.24) is 4.98 Å². The molecule has 80 valence electrons. The van der Waals surface area contributed by atoms with Gasteiger partial charge in [-0.05, 0) is 0 Å². The lowest BCUT2D eigenvalue weighted by molar-refractivity contribution is 0.145. The zero-order chi connectivity index (χ0) is 11.4. The summed E-state index contributed by atoms with van der Waals surface area (Å²) in [6.45, 7) is -0.0735. The summed E-state index contributed by atoms with van der Waals surface area (Å²) in [6.07, 6.45) is -2.90. The Morgan fingerprint density at radius 2 is 2.27 bits per heavy atom. The fourth-order valence-electron chi connectivity index (χ4n) is 1.23. The molecule has 0 bridgehead atoms. The number of halogens is 2. The van der Waals surface area contributed by atoms with Gasteiger partial charge in [0.15, 0.2) is 5.43 Å². The number of rotatable bonds is 3. The van der Waals surface area contributed by atoms with Gasteiger partial charge in [0.05, 0.1) is 18.2 Å². The molecule has 15 heavy (non-hydrogen) atoms. The SMILES string of the molecule is N#CCc1[nH]c(C(F)F)cc(=O)c1CN. The normalized spacial score (nSPS) is 10.3. The number of nitriles is 1. The second-order valence-corrected chi connectivity index (χ2v) is 2.89. The molecular formula is C9H9F2N3O. The van der Waals surface area contributed by atoms with Crippen molar-refractivity contribution in [3.05, 3.63) is 33.2 Å². The van der Waals surface area contributed by atoms with Gasteiger partial charge >= 0.3 is 0 Å². The number of alkyl halides is 2. The number of pyridine rings is 1. The maximum absolute atomic E-state index is 12.3. The van der Waals surface area contributed by atoms with Crippen LogP contribution in [0.3, 0.4) is 0 Å². The number of nitrogens with zero attached hydrogens (tertiary/aromatic N) is 1. The van der Waals surface area contributed by atoms with E-state index in [0.29, 0.717) is 0 Å². The van der Waals surface area contributed by atoms with Crippen molar-refractivity contribution in [3.8, 4) is 6.07 Å². The minimum atomic E-state index is -2.76. The summed E-state index contributed by atoms with van der Waals surface area (Å²) in [5, 5.41) is 8.46. The van der Waals surface area contributed by atoms with Gasteiger partial charge < -0.3 is 10.7 Å². The molecule has 1 aromatic rings. The smallest absolute Gasteiger partial charge is 0.278 e. The summed E-state index contributed by atoms with van der Waals surface area (Å²) in [4.78, 5) is 13.7. The van der Waals surface area contributed by atoms with Crippen LogP contribution in [0, 0.1) is 11.3 Å². The molecule has 0 saturated carbocycles. The van der Waals surface area contributed by atoms with Crippen LogP contribution in [0.5, 0.6) is 0 Å². The Morgan fingerprint density at radius 3 is 2.73 bits per heavy atom. The average Bonchev–Trinajstić information content (AvgIpc) is 2.17. The highest BCUT2D eigenvalue weighted by atomic mass is 19.3. The molecule has 0 aliphatic rings. The molecule has 1 aromatic heterocycles. The van der Waals surface area contributed by atoms with Gasteiger partial charge in [0.2, 0.25) is 0 Å². The topological polar surface area (TPSA) is 82.7 Å². The van der Waals surface area contributed by atoms with E-state index in [-0.39, 0.29) is 24.2 Å². The van der Waals surface area contributed by atoms with Crippen LogP contribution in [0.1, 0.15) is 23.4 Å². The standard InChI is InChI=1S/C9H9F2N3O/c10-9(11)7-3-8(15)5(4-13)6(14-7)1-2-12/h3,9H,1,4,13H2,(H,14,15). The molecule has 6 heteroatoms. The predicted molar refractivity (Wildman–Crippen MR) is 49.2 cm³/mol. The first kappa shape index (κ1) is 11.3. The molecule has 0 radical (unpaired) electrons. The number of nitrogens with two attached hydrogens (primary N) is 1. The molecular weight excluding hydrogens is 204 g/mol. The summed E-state index contributed by atoms with van der Waals surface area (Å²) in [6, 6.07) is 2.59. The lowest BCUT2D eigenvalue weighted by atomic mass is 10.1. The molecule has 3 N–H and O–H groups in total. The fraction of sp³-hybridized carbons (Fsp3) is 0.333. The van der Waals surface area contributed by atoms with Gasteiger partial charge in [0, 0.05) is 23.9 Å². The van der Waals surface area contributed by atoms with Crippen LogP contribution in [-0.2, 0) is 13.0 Å². The summed E-state index contributed by atoms with van der Waals surface area (Å²) in [7, 11) is 0. The van der Waals surface area contributed by atoms with Gasteiger partial charge in [-0.3, -0.25) is 4.79 Å². The third-order valence-corrected chi connectivity index (χ3v) is 1.94. The number of hydrogen-bond donors (Lipinski definition) is 2. The van der Waals surface area contributed by atoms with Crippen LogP contribution in [-0.4, -0.2) is 4.98 Å². The molecule has 0 atom stereocenters. The monoisotopic (exact) mass is 213 g/mol. The van der Waals surface area contributed by atoms with E-state index >= 15 is 0 Å². The minimum absolute atomic E-state index is 0.0735. The predicted octanol–water partition coefficient (Wildman–Crippen LogP) is 0.837. The zero-order valence-electron chi connectivity index (χ0n) is 7.76. The molecule has 1 rings (SSSR count). The van der Waals surface area contributed by atoms with E-state index in [9.17, 15) is 13.6 Å². The Morgan fingerprint density at radius 1 is 1.60 bits per heavy atom. The number of hydrogen-bond acceptors (Lipinski definition) is 3. The molecule has 0 unspecified atom stereocenters. The van der Waals surface area contributed by atoms with E-state index < -0.39 is 17.5 Å². The van der Waals surface area contributed by atoms with Crippen molar-refractivity contribution < 1.29 is 8.78 Å². The highest BCUT2D eigenvalue weighted by Crippen LogP contribution is 2.16. The van der Waals surface area contributed by atoms with E-state index in [4.69, 9.17) is 11.0 Å². The van der Waals surface area contributed by atoms with Crippen molar-refractivity contribution in [1.29, 1.82) is 5.26 Å². The Labute approximate surface area is 84.3 Å². The van der Waals surface area contributed by atoms with E-state index in [1.54, 1.807) is 6.07 Å². The number of nitrogens with one attached hydrogen (secondary N) is 1. The lowest BCUT2D eigenvalue weighted by Crippen LogP contribution is -2.18. The molecule has 0 spiro atoms. The third kappa shape index (κ3) is 2.39. The molecule has 0 saturated heterocycles. The third-order valence-electron chi connectivity index (χ3n) is 1.94. The number of aromatic amines is 1. The van der Waals surface area contributed by atoms with Gasteiger partial charge in [-0.2, -0.15) is 5.26 Å². The van der Waals surface area contributed by atoms with Gasteiger partial charge in [0.25, 0.3) is 6.43 Å². The quantitative estimate of drug-likeness (QED) is 0.780. The zero-order valence-corrected chi connectivity index (χ0v) is 7.76. The number of aromatic nitrogens is 1. The first-order valence-electron chi connectivity index (χ1n) is 4.20. The fourth-order valence-corrected chi connectivity index (χ4v) is 1.23. The van der Waals surface area contributed by atoms with E-state index in [1.165, 1.54) is 0 Å². The van der Waals surface area contributed by atoms with Gasteiger partial charge in [0.1, 0.15) is 0 Å². The van der Waals surface area contributed by atoms with Crippen molar-refractivity contribution in [2.75, 3.05) is 0 Å². The van der Waals surface area contributed by atoms with E-state index in [2.05, 4.69) is 4.98 Å². The van der Waals surface area contributed by atoms with Crippen LogP contribution in [0.25, 0.3) is 0 Å². The second-order valence-electron chi connectivity index (χ2n) is 2.89. The van der Waals surface area contributed by atoms with Crippen molar-refractivity contribution >= 4 is 0 Å². The summed E-state index contributed by atoms with van der Waals surface area (Å²) >= 11 is 0. The molecule has 0 aliphatic heterocycles. The molecule has 0 amide bonds. The van der Waals surface area contributed by atoms with Gasteiger partial charge in [-0.25, -0.2) is 8.78 Å². The van der Waals surface area contributed by atoms with Crippen molar-refractivity contribution in [3.63, 3.8) is 0 Å². The summed E-state index contributed by atoms with van der Waals surface area (Å²) in [5.41, 5.74) is 4.60. The van der Waals surface area contributed by atoms with Crippen molar-refractivity contribution in [2.24, 2.45) is 5.73 Å². The molecule has 4 nitrogen and oxygen atoms in total. The molecule has 0 aromatic carbocycles. The van der Waals surface area contributed by atoms with Gasteiger partial charge in [-0.1, -0.05) is 0 Å². The Bertz CT molecular complexity index is 448. The number of H-pyrrole nitrogens is 1. The van der Waals surface area contributed by atoms with Crippen LogP contribution >= 0.6 is 0 Å². The molecule has 1 heterocycles. The second kappa shape index (κ2) is 4.66. The Hall–Kier alpha value is -1.74. The maximum atomic E-state index is 12.3. The van der Waals surface area contributed by atoms with E-state index in [1.807, 2.05) is 0 Å². The molecule has 0 fully saturated rings. The van der Waals surface area contributed by atoms with Crippen LogP contribution in [0.4, 0.5) is 8.78 Å². The van der Waals surface area contributed by atoms with Gasteiger partial charge in [-0.15, -0.1) is 0 Å². The van der Waals surface area contributed by atoms with Crippen molar-refractivity contribution in [2.45, 2.75) is 19.4 Å². The molecule has 0 aliphatic carbocycles. The first-order valence-corrected chi connectivity index (χ1v) is 4.20. The first-order chi connectivity index (χ1) is 7.10. The minimum Gasteiger partial charge on any atom is -0.356 e. The van der Waals surface area contributed by atoms with Crippen LogP contribution in [0.2, 0.25) is 0 Å². The summed E-state index contributed by atoms with van der Waals surface area (Å²) in [5.74, 6) is 0. The Balaban J connectivity index is 3.33. The summed E-state index contributed by atoms with van der Waals surface area (Å²) < 4.78 is 24.6.